The average molecular weight is 355 g/mol. The number of hydrogen-bond acceptors (Lipinski definition) is 5. The van der Waals surface area contributed by atoms with Crippen LogP contribution in [-0.2, 0) is 16.0 Å². The van der Waals surface area contributed by atoms with E-state index in [-0.39, 0.29) is 5.91 Å². The molecule has 6 nitrogen and oxygen atoms in total. The van der Waals surface area contributed by atoms with Crippen molar-refractivity contribution in [2.24, 2.45) is 0 Å². The number of carbonyl (C=O) groups is 2. The summed E-state index contributed by atoms with van der Waals surface area (Å²) in [4.78, 5) is 24.2. The van der Waals surface area contributed by atoms with Gasteiger partial charge in [0.25, 0.3) is 0 Å². The highest BCUT2D eigenvalue weighted by atomic mass is 32.1. The number of amides is 1. The molecule has 0 unspecified atom stereocenters. The molecule has 0 saturated heterocycles. The minimum atomic E-state index is -0.450. The normalized spacial score (nSPS) is 10.4. The van der Waals surface area contributed by atoms with Gasteiger partial charge in [0.05, 0.1) is 24.7 Å². The lowest BCUT2D eigenvalue weighted by molar-refractivity contribution is -0.116. The first kappa shape index (κ1) is 16.9. The van der Waals surface area contributed by atoms with Crippen LogP contribution in [0.4, 0.5) is 5.69 Å². The fourth-order valence-corrected chi connectivity index (χ4v) is 3.11. The number of nitrogens with zero attached hydrogens (tertiary/aromatic N) is 2. The van der Waals surface area contributed by atoms with Crippen molar-refractivity contribution in [3.63, 3.8) is 0 Å². The minimum absolute atomic E-state index is 0.156. The molecule has 0 aliphatic carbocycles. The number of thiophene rings is 1. The molecule has 0 saturated carbocycles. The number of aromatic nitrogens is 2. The Morgan fingerprint density at radius 3 is 2.80 bits per heavy atom. The van der Waals surface area contributed by atoms with Crippen LogP contribution in [0, 0.1) is 0 Å². The van der Waals surface area contributed by atoms with Crippen LogP contribution in [0.3, 0.4) is 0 Å². The maximum atomic E-state index is 12.1. The monoisotopic (exact) mass is 355 g/mol. The Balaban J connectivity index is 1.57. The quantitative estimate of drug-likeness (QED) is 0.689. The highest BCUT2D eigenvalue weighted by Crippen LogP contribution is 2.23. The van der Waals surface area contributed by atoms with Gasteiger partial charge in [-0.1, -0.05) is 18.2 Å². The van der Waals surface area contributed by atoms with Crippen LogP contribution in [0.2, 0.25) is 0 Å². The number of ether oxygens (including phenoxy) is 1. The van der Waals surface area contributed by atoms with Crippen molar-refractivity contribution >= 4 is 28.9 Å². The smallest absolute Gasteiger partial charge is 0.350 e. The SMILES string of the molecule is COC(=O)c1sccc1NC(=O)CCc1cnn(-c2ccccc2)c1. The Labute approximate surface area is 149 Å². The van der Waals surface area contributed by atoms with Gasteiger partial charge < -0.3 is 10.1 Å². The highest BCUT2D eigenvalue weighted by molar-refractivity contribution is 7.12. The van der Waals surface area contributed by atoms with Crippen molar-refractivity contribution < 1.29 is 14.3 Å². The van der Waals surface area contributed by atoms with E-state index < -0.39 is 5.97 Å². The molecule has 0 radical (unpaired) electrons. The molecule has 0 spiro atoms. The van der Waals surface area contributed by atoms with Gasteiger partial charge in [-0.3, -0.25) is 4.79 Å². The summed E-state index contributed by atoms with van der Waals surface area (Å²) < 4.78 is 6.48. The molecule has 1 amide bonds. The first-order valence-electron chi connectivity index (χ1n) is 7.72. The fraction of sp³-hybridized carbons (Fsp3) is 0.167. The third-order valence-corrected chi connectivity index (χ3v) is 4.50. The van der Waals surface area contributed by atoms with Crippen LogP contribution in [0.5, 0.6) is 0 Å². The van der Waals surface area contributed by atoms with E-state index in [1.807, 2.05) is 36.5 Å². The van der Waals surface area contributed by atoms with E-state index >= 15 is 0 Å². The maximum Gasteiger partial charge on any atom is 0.350 e. The van der Waals surface area contributed by atoms with Crippen molar-refractivity contribution in [2.45, 2.75) is 12.8 Å². The first-order valence-corrected chi connectivity index (χ1v) is 8.60. The zero-order valence-electron chi connectivity index (χ0n) is 13.6. The Morgan fingerprint density at radius 2 is 2.04 bits per heavy atom. The number of rotatable bonds is 6. The van der Waals surface area contributed by atoms with Gasteiger partial charge in [-0.2, -0.15) is 5.10 Å². The number of anilines is 1. The molecule has 128 valence electrons. The van der Waals surface area contributed by atoms with Gasteiger partial charge in [-0.25, -0.2) is 9.48 Å². The molecule has 3 rings (SSSR count). The number of nitrogens with one attached hydrogen (secondary N) is 1. The van der Waals surface area contributed by atoms with Gasteiger partial charge in [0.1, 0.15) is 4.88 Å². The largest absolute Gasteiger partial charge is 0.465 e. The van der Waals surface area contributed by atoms with Crippen LogP contribution in [0.15, 0.2) is 54.2 Å². The number of hydrogen-bond donors (Lipinski definition) is 1. The van der Waals surface area contributed by atoms with E-state index in [9.17, 15) is 9.59 Å². The summed E-state index contributed by atoms with van der Waals surface area (Å²) >= 11 is 1.24. The molecule has 2 heterocycles. The molecule has 1 aromatic carbocycles. The average Bonchev–Trinajstić information content (AvgIpc) is 3.29. The van der Waals surface area contributed by atoms with Crippen molar-refractivity contribution in [3.05, 3.63) is 64.6 Å². The van der Waals surface area contributed by atoms with E-state index in [4.69, 9.17) is 4.74 Å². The van der Waals surface area contributed by atoms with Crippen LogP contribution in [-0.4, -0.2) is 28.8 Å². The molecule has 3 aromatic rings. The summed E-state index contributed by atoms with van der Waals surface area (Å²) in [6.45, 7) is 0. The maximum absolute atomic E-state index is 12.1. The van der Waals surface area contributed by atoms with Crippen molar-refractivity contribution in [1.29, 1.82) is 0 Å². The molecular formula is C18H17N3O3S. The lowest BCUT2D eigenvalue weighted by atomic mass is 10.2. The predicted octanol–water partition coefficient (Wildman–Crippen LogP) is 3.29. The van der Waals surface area contributed by atoms with E-state index in [0.29, 0.717) is 23.4 Å². The predicted molar refractivity (Wildman–Crippen MR) is 96.2 cm³/mol. The van der Waals surface area contributed by atoms with Crippen molar-refractivity contribution in [1.82, 2.24) is 9.78 Å². The van der Waals surface area contributed by atoms with Gasteiger partial charge in [-0.15, -0.1) is 11.3 Å². The molecular weight excluding hydrogens is 338 g/mol. The minimum Gasteiger partial charge on any atom is -0.465 e. The number of methoxy groups -OCH3 is 1. The molecule has 2 aromatic heterocycles. The standard InChI is InChI=1S/C18H17N3O3S/c1-24-18(23)17-15(9-10-25-17)20-16(22)8-7-13-11-19-21(12-13)14-5-3-2-4-6-14/h2-6,9-12H,7-8H2,1H3,(H,20,22). The third-order valence-electron chi connectivity index (χ3n) is 3.61. The molecule has 1 N–H and O–H groups in total. The number of para-hydroxylation sites is 1. The molecule has 25 heavy (non-hydrogen) atoms. The van der Waals surface area contributed by atoms with Gasteiger partial charge in [0, 0.05) is 12.6 Å². The third kappa shape index (κ3) is 4.13. The van der Waals surface area contributed by atoms with Gasteiger partial charge in [0.15, 0.2) is 0 Å². The molecule has 0 aliphatic rings. The second-order valence-corrected chi connectivity index (χ2v) is 6.25. The number of benzene rings is 1. The molecule has 7 heteroatoms. The molecule has 0 atom stereocenters. The lowest BCUT2D eigenvalue weighted by Gasteiger charge is -2.05. The van der Waals surface area contributed by atoms with Crippen LogP contribution in [0.25, 0.3) is 5.69 Å². The molecule has 0 fully saturated rings. The number of aryl methyl sites for hydroxylation is 1. The fourth-order valence-electron chi connectivity index (χ4n) is 2.34. The summed E-state index contributed by atoms with van der Waals surface area (Å²) in [7, 11) is 1.32. The van der Waals surface area contributed by atoms with E-state index in [0.717, 1.165) is 11.3 Å². The van der Waals surface area contributed by atoms with E-state index in [1.165, 1.54) is 18.4 Å². The number of esters is 1. The second kappa shape index (κ2) is 7.76. The summed E-state index contributed by atoms with van der Waals surface area (Å²) in [5.74, 6) is -0.606. The summed E-state index contributed by atoms with van der Waals surface area (Å²) in [5.41, 5.74) is 2.43. The Morgan fingerprint density at radius 1 is 1.24 bits per heavy atom. The summed E-state index contributed by atoms with van der Waals surface area (Å²) in [5, 5.41) is 8.81. The van der Waals surface area contributed by atoms with E-state index in [2.05, 4.69) is 10.4 Å². The van der Waals surface area contributed by atoms with Crippen molar-refractivity contribution in [2.75, 3.05) is 12.4 Å². The van der Waals surface area contributed by atoms with Gasteiger partial charge >= 0.3 is 5.97 Å². The van der Waals surface area contributed by atoms with E-state index in [1.54, 1.807) is 22.3 Å². The highest BCUT2D eigenvalue weighted by Gasteiger charge is 2.15. The Bertz CT molecular complexity index is 871. The summed E-state index contributed by atoms with van der Waals surface area (Å²) in [6.07, 6.45) is 4.53. The zero-order chi connectivity index (χ0) is 17.6. The van der Waals surface area contributed by atoms with Crippen LogP contribution in [0.1, 0.15) is 21.7 Å². The zero-order valence-corrected chi connectivity index (χ0v) is 14.5. The first-order chi connectivity index (χ1) is 12.2. The molecule has 0 bridgehead atoms. The van der Waals surface area contributed by atoms with Crippen LogP contribution >= 0.6 is 11.3 Å². The van der Waals surface area contributed by atoms with Gasteiger partial charge in [-0.05, 0) is 35.6 Å². The second-order valence-electron chi connectivity index (χ2n) is 5.33. The Hall–Kier alpha value is -2.93. The van der Waals surface area contributed by atoms with Gasteiger partial charge in [0.2, 0.25) is 5.91 Å². The lowest BCUT2D eigenvalue weighted by Crippen LogP contribution is -2.14. The summed E-state index contributed by atoms with van der Waals surface area (Å²) in [6, 6.07) is 11.5. The topological polar surface area (TPSA) is 73.2 Å². The van der Waals surface area contributed by atoms with Crippen molar-refractivity contribution in [3.8, 4) is 5.69 Å². The Kier molecular flexibility index (Phi) is 5.25. The molecule has 0 aliphatic heterocycles. The number of carbonyl (C=O) groups excluding carboxylic acids is 2. The van der Waals surface area contributed by atoms with Crippen LogP contribution < -0.4 is 5.32 Å².